The SMILES string of the molecule is Nc1ccc(C(Cc2ccccc2Br)C(=O)O)cc1. The summed E-state index contributed by atoms with van der Waals surface area (Å²) in [6.07, 6.45) is 0.445. The van der Waals surface area contributed by atoms with E-state index >= 15 is 0 Å². The molecule has 2 aromatic rings. The standard InChI is InChI=1S/C15H14BrNO2/c16-14-4-2-1-3-11(14)9-13(15(18)19)10-5-7-12(17)8-6-10/h1-8,13H,9,17H2,(H,18,19). The van der Waals surface area contributed by atoms with E-state index in [1.165, 1.54) is 0 Å². The lowest BCUT2D eigenvalue weighted by Crippen LogP contribution is -2.14. The summed E-state index contributed by atoms with van der Waals surface area (Å²) in [6.45, 7) is 0. The summed E-state index contributed by atoms with van der Waals surface area (Å²) in [6, 6.07) is 14.6. The molecule has 0 aliphatic rings. The van der Waals surface area contributed by atoms with E-state index in [2.05, 4.69) is 15.9 Å². The number of carboxylic acid groups (broad SMARTS) is 1. The molecule has 0 fully saturated rings. The highest BCUT2D eigenvalue weighted by Crippen LogP contribution is 2.26. The van der Waals surface area contributed by atoms with Crippen LogP contribution < -0.4 is 5.73 Å². The molecule has 0 saturated carbocycles. The molecule has 0 amide bonds. The second-order valence-corrected chi connectivity index (χ2v) is 5.21. The van der Waals surface area contributed by atoms with Crippen molar-refractivity contribution >= 4 is 27.6 Å². The Kier molecular flexibility index (Phi) is 4.22. The molecule has 1 atom stereocenters. The molecule has 0 aliphatic heterocycles. The van der Waals surface area contributed by atoms with E-state index in [-0.39, 0.29) is 0 Å². The third-order valence-corrected chi connectivity index (χ3v) is 3.79. The van der Waals surface area contributed by atoms with Crippen LogP contribution in [0.3, 0.4) is 0 Å². The Labute approximate surface area is 120 Å². The van der Waals surface area contributed by atoms with Gasteiger partial charge < -0.3 is 10.8 Å². The first kappa shape index (κ1) is 13.6. The molecule has 0 aromatic heterocycles. The lowest BCUT2D eigenvalue weighted by Gasteiger charge is -2.14. The third kappa shape index (κ3) is 3.35. The van der Waals surface area contributed by atoms with Crippen molar-refractivity contribution < 1.29 is 9.90 Å². The van der Waals surface area contributed by atoms with Gasteiger partial charge in [0, 0.05) is 10.2 Å². The number of aliphatic carboxylic acids is 1. The number of carbonyl (C=O) groups is 1. The minimum Gasteiger partial charge on any atom is -0.481 e. The van der Waals surface area contributed by atoms with Gasteiger partial charge in [-0.05, 0) is 35.7 Å². The molecule has 2 aromatic carbocycles. The molecule has 0 aliphatic carbocycles. The van der Waals surface area contributed by atoms with Gasteiger partial charge in [-0.2, -0.15) is 0 Å². The van der Waals surface area contributed by atoms with E-state index in [0.29, 0.717) is 12.1 Å². The van der Waals surface area contributed by atoms with E-state index in [4.69, 9.17) is 5.73 Å². The zero-order valence-electron chi connectivity index (χ0n) is 10.2. The van der Waals surface area contributed by atoms with Gasteiger partial charge in [0.15, 0.2) is 0 Å². The van der Waals surface area contributed by atoms with E-state index in [1.807, 2.05) is 24.3 Å². The van der Waals surface area contributed by atoms with Crippen LogP contribution in [0.1, 0.15) is 17.0 Å². The van der Waals surface area contributed by atoms with Crippen molar-refractivity contribution in [2.24, 2.45) is 0 Å². The monoisotopic (exact) mass is 319 g/mol. The van der Waals surface area contributed by atoms with Gasteiger partial charge in [-0.1, -0.05) is 46.3 Å². The quantitative estimate of drug-likeness (QED) is 0.848. The maximum atomic E-state index is 11.5. The molecule has 0 saturated heterocycles. The Morgan fingerprint density at radius 1 is 1.16 bits per heavy atom. The first-order valence-electron chi connectivity index (χ1n) is 5.89. The van der Waals surface area contributed by atoms with Crippen LogP contribution in [0.25, 0.3) is 0 Å². The van der Waals surface area contributed by atoms with Gasteiger partial charge >= 0.3 is 5.97 Å². The highest BCUT2D eigenvalue weighted by Gasteiger charge is 2.21. The summed E-state index contributed by atoms with van der Waals surface area (Å²) in [5, 5.41) is 9.40. The molecular weight excluding hydrogens is 306 g/mol. The van der Waals surface area contributed by atoms with Crippen LogP contribution in [-0.2, 0) is 11.2 Å². The highest BCUT2D eigenvalue weighted by atomic mass is 79.9. The number of rotatable bonds is 4. The molecule has 3 N–H and O–H groups in total. The normalized spacial score (nSPS) is 12.1. The fourth-order valence-electron chi connectivity index (χ4n) is 1.96. The molecule has 0 heterocycles. The van der Waals surface area contributed by atoms with Crippen LogP contribution >= 0.6 is 15.9 Å². The van der Waals surface area contributed by atoms with Gasteiger partial charge in [0.05, 0.1) is 5.92 Å². The molecule has 19 heavy (non-hydrogen) atoms. The summed E-state index contributed by atoms with van der Waals surface area (Å²) in [4.78, 5) is 11.5. The Balaban J connectivity index is 2.29. The summed E-state index contributed by atoms with van der Waals surface area (Å²) in [5.74, 6) is -1.40. The Morgan fingerprint density at radius 2 is 1.79 bits per heavy atom. The number of nitrogens with two attached hydrogens (primary N) is 1. The molecular formula is C15H14BrNO2. The fourth-order valence-corrected chi connectivity index (χ4v) is 2.41. The summed E-state index contributed by atoms with van der Waals surface area (Å²) >= 11 is 3.45. The molecule has 0 bridgehead atoms. The predicted octanol–water partition coefficient (Wildman–Crippen LogP) is 3.44. The summed E-state index contributed by atoms with van der Waals surface area (Å²) in [7, 11) is 0. The largest absolute Gasteiger partial charge is 0.481 e. The van der Waals surface area contributed by atoms with Gasteiger partial charge in [0.1, 0.15) is 0 Å². The van der Waals surface area contributed by atoms with Crippen molar-refractivity contribution in [3.8, 4) is 0 Å². The van der Waals surface area contributed by atoms with Gasteiger partial charge in [-0.15, -0.1) is 0 Å². The molecule has 4 heteroatoms. The molecule has 0 radical (unpaired) electrons. The molecule has 3 nitrogen and oxygen atoms in total. The van der Waals surface area contributed by atoms with Crippen molar-refractivity contribution in [3.05, 3.63) is 64.1 Å². The molecule has 98 valence electrons. The Morgan fingerprint density at radius 3 is 2.37 bits per heavy atom. The number of halogens is 1. The van der Waals surface area contributed by atoms with Crippen LogP contribution in [-0.4, -0.2) is 11.1 Å². The lowest BCUT2D eigenvalue weighted by molar-refractivity contribution is -0.138. The number of hydrogen-bond donors (Lipinski definition) is 2. The summed E-state index contributed by atoms with van der Waals surface area (Å²) < 4.78 is 0.927. The van der Waals surface area contributed by atoms with Crippen LogP contribution in [0.4, 0.5) is 5.69 Å². The van der Waals surface area contributed by atoms with Crippen molar-refractivity contribution in [1.82, 2.24) is 0 Å². The number of hydrogen-bond acceptors (Lipinski definition) is 2. The maximum absolute atomic E-state index is 11.5. The average molecular weight is 320 g/mol. The number of nitrogen functional groups attached to an aromatic ring is 1. The van der Waals surface area contributed by atoms with E-state index in [9.17, 15) is 9.90 Å². The van der Waals surface area contributed by atoms with Gasteiger partial charge in [-0.25, -0.2) is 0 Å². The number of anilines is 1. The highest BCUT2D eigenvalue weighted by molar-refractivity contribution is 9.10. The third-order valence-electron chi connectivity index (χ3n) is 3.02. The number of carboxylic acids is 1. The van der Waals surface area contributed by atoms with Crippen LogP contribution in [0.15, 0.2) is 53.0 Å². The van der Waals surface area contributed by atoms with Crippen molar-refractivity contribution in [1.29, 1.82) is 0 Å². The van der Waals surface area contributed by atoms with Gasteiger partial charge in [0.25, 0.3) is 0 Å². The van der Waals surface area contributed by atoms with E-state index in [1.54, 1.807) is 24.3 Å². The Bertz CT molecular complexity index is 581. The van der Waals surface area contributed by atoms with Crippen LogP contribution in [0, 0.1) is 0 Å². The second-order valence-electron chi connectivity index (χ2n) is 4.35. The molecule has 1 unspecified atom stereocenters. The minimum atomic E-state index is -0.833. The predicted molar refractivity (Wildman–Crippen MR) is 79.1 cm³/mol. The molecule has 2 rings (SSSR count). The smallest absolute Gasteiger partial charge is 0.311 e. The fraction of sp³-hybridized carbons (Fsp3) is 0.133. The van der Waals surface area contributed by atoms with Gasteiger partial charge in [0.2, 0.25) is 0 Å². The zero-order valence-corrected chi connectivity index (χ0v) is 11.8. The number of benzene rings is 2. The van der Waals surface area contributed by atoms with E-state index < -0.39 is 11.9 Å². The molecule has 0 spiro atoms. The van der Waals surface area contributed by atoms with Crippen LogP contribution in [0.5, 0.6) is 0 Å². The van der Waals surface area contributed by atoms with Crippen molar-refractivity contribution in [2.75, 3.05) is 5.73 Å². The lowest BCUT2D eigenvalue weighted by atomic mass is 9.92. The van der Waals surface area contributed by atoms with E-state index in [0.717, 1.165) is 15.6 Å². The van der Waals surface area contributed by atoms with Crippen LogP contribution in [0.2, 0.25) is 0 Å². The minimum absolute atomic E-state index is 0.445. The first-order valence-corrected chi connectivity index (χ1v) is 6.69. The first-order chi connectivity index (χ1) is 9.08. The maximum Gasteiger partial charge on any atom is 0.311 e. The van der Waals surface area contributed by atoms with Crippen molar-refractivity contribution in [2.45, 2.75) is 12.3 Å². The topological polar surface area (TPSA) is 63.3 Å². The Hall–Kier alpha value is -1.81. The average Bonchev–Trinajstić information content (AvgIpc) is 2.39. The van der Waals surface area contributed by atoms with Crippen molar-refractivity contribution in [3.63, 3.8) is 0 Å². The second kappa shape index (κ2) is 5.89. The zero-order chi connectivity index (χ0) is 13.8. The van der Waals surface area contributed by atoms with Gasteiger partial charge in [-0.3, -0.25) is 4.79 Å². The summed E-state index contributed by atoms with van der Waals surface area (Å²) in [5.41, 5.74) is 8.00.